The molecular weight excluding hydrogens is 255 g/mol. The smallest absolute Gasteiger partial charge is 0.237 e. The zero-order valence-electron chi connectivity index (χ0n) is 12.4. The first-order valence-electron chi connectivity index (χ1n) is 7.29. The third-order valence-corrected chi connectivity index (χ3v) is 4.11. The van der Waals surface area contributed by atoms with Gasteiger partial charge in [-0.25, -0.2) is 4.39 Å². The average molecular weight is 278 g/mol. The van der Waals surface area contributed by atoms with Gasteiger partial charge in [0.25, 0.3) is 0 Å². The Morgan fingerprint density at radius 1 is 1.50 bits per heavy atom. The number of carbonyl (C=O) groups excluding carboxylic acids is 1. The van der Waals surface area contributed by atoms with Gasteiger partial charge < -0.3 is 10.6 Å². The molecule has 0 bridgehead atoms. The van der Waals surface area contributed by atoms with Gasteiger partial charge >= 0.3 is 0 Å². The maximum absolute atomic E-state index is 13.6. The fourth-order valence-electron chi connectivity index (χ4n) is 2.67. The Bertz CT molecular complexity index is 489. The maximum atomic E-state index is 13.6. The molecular formula is C16H23FN2O. The van der Waals surface area contributed by atoms with Crippen LogP contribution in [-0.2, 0) is 4.79 Å². The molecule has 1 aliphatic rings. The van der Waals surface area contributed by atoms with Crippen LogP contribution in [0.5, 0.6) is 0 Å². The van der Waals surface area contributed by atoms with Crippen molar-refractivity contribution in [3.63, 3.8) is 0 Å². The van der Waals surface area contributed by atoms with E-state index < -0.39 is 0 Å². The number of carbonyl (C=O) groups is 1. The number of nitrogens with one attached hydrogen (secondary N) is 2. The molecule has 1 heterocycles. The molecule has 1 amide bonds. The van der Waals surface area contributed by atoms with Crippen molar-refractivity contribution in [2.45, 2.75) is 45.7 Å². The highest BCUT2D eigenvalue weighted by atomic mass is 19.1. The van der Waals surface area contributed by atoms with Crippen LogP contribution in [-0.4, -0.2) is 18.5 Å². The van der Waals surface area contributed by atoms with Crippen LogP contribution in [0.25, 0.3) is 0 Å². The summed E-state index contributed by atoms with van der Waals surface area (Å²) < 4.78 is 13.6. The summed E-state index contributed by atoms with van der Waals surface area (Å²) in [4.78, 5) is 12.3. The SMILES string of the molecule is Cc1ccc(C(C)NC(=O)C2NCCCC2C)cc1F. The number of halogens is 1. The fourth-order valence-corrected chi connectivity index (χ4v) is 2.67. The van der Waals surface area contributed by atoms with Crippen molar-refractivity contribution in [3.05, 3.63) is 35.1 Å². The van der Waals surface area contributed by atoms with Crippen LogP contribution in [0.2, 0.25) is 0 Å². The van der Waals surface area contributed by atoms with Gasteiger partial charge in [0, 0.05) is 0 Å². The summed E-state index contributed by atoms with van der Waals surface area (Å²) in [6.07, 6.45) is 2.18. The quantitative estimate of drug-likeness (QED) is 0.892. The van der Waals surface area contributed by atoms with Crippen molar-refractivity contribution in [1.29, 1.82) is 0 Å². The maximum Gasteiger partial charge on any atom is 0.237 e. The zero-order chi connectivity index (χ0) is 14.7. The van der Waals surface area contributed by atoms with Gasteiger partial charge in [0.2, 0.25) is 5.91 Å². The molecule has 2 N–H and O–H groups in total. The minimum atomic E-state index is -0.229. The van der Waals surface area contributed by atoms with E-state index in [4.69, 9.17) is 0 Å². The van der Waals surface area contributed by atoms with Crippen molar-refractivity contribution in [1.82, 2.24) is 10.6 Å². The molecule has 0 aromatic heterocycles. The van der Waals surface area contributed by atoms with E-state index in [1.165, 1.54) is 6.07 Å². The molecule has 3 atom stereocenters. The molecule has 3 nitrogen and oxygen atoms in total. The van der Waals surface area contributed by atoms with E-state index in [1.807, 2.05) is 13.0 Å². The van der Waals surface area contributed by atoms with Gasteiger partial charge in [-0.2, -0.15) is 0 Å². The second kappa shape index (κ2) is 6.35. The molecule has 0 radical (unpaired) electrons. The minimum Gasteiger partial charge on any atom is -0.348 e. The Morgan fingerprint density at radius 3 is 2.90 bits per heavy atom. The lowest BCUT2D eigenvalue weighted by Crippen LogP contribution is -2.51. The molecule has 0 spiro atoms. The van der Waals surface area contributed by atoms with Crippen LogP contribution in [0.4, 0.5) is 4.39 Å². The first-order chi connectivity index (χ1) is 9.49. The Morgan fingerprint density at radius 2 is 2.25 bits per heavy atom. The summed E-state index contributed by atoms with van der Waals surface area (Å²) in [6.45, 7) is 6.59. The standard InChI is InChI=1S/C16H23FN2O/c1-10-6-7-13(9-14(10)17)12(3)19-16(20)15-11(2)5-4-8-18-15/h6-7,9,11-12,15,18H,4-5,8H2,1-3H3,(H,19,20). The van der Waals surface area contributed by atoms with E-state index in [-0.39, 0.29) is 23.8 Å². The lowest BCUT2D eigenvalue weighted by atomic mass is 9.92. The first-order valence-corrected chi connectivity index (χ1v) is 7.29. The molecule has 20 heavy (non-hydrogen) atoms. The second-order valence-electron chi connectivity index (χ2n) is 5.79. The molecule has 3 unspecified atom stereocenters. The molecule has 1 aromatic carbocycles. The molecule has 1 saturated heterocycles. The van der Waals surface area contributed by atoms with Crippen molar-refractivity contribution >= 4 is 5.91 Å². The van der Waals surface area contributed by atoms with E-state index in [0.29, 0.717) is 11.5 Å². The summed E-state index contributed by atoms with van der Waals surface area (Å²) in [7, 11) is 0. The molecule has 2 rings (SSSR count). The lowest BCUT2D eigenvalue weighted by molar-refractivity contribution is -0.125. The number of benzene rings is 1. The predicted molar refractivity (Wildman–Crippen MR) is 77.9 cm³/mol. The molecule has 0 aliphatic carbocycles. The number of amides is 1. The largest absolute Gasteiger partial charge is 0.348 e. The Kier molecular flexibility index (Phi) is 4.76. The van der Waals surface area contributed by atoms with Crippen molar-refractivity contribution in [2.75, 3.05) is 6.54 Å². The summed E-state index contributed by atoms with van der Waals surface area (Å²) in [6, 6.07) is 4.78. The monoisotopic (exact) mass is 278 g/mol. The van der Waals surface area contributed by atoms with Crippen LogP contribution in [0.1, 0.15) is 43.9 Å². The normalized spacial score (nSPS) is 24.2. The topological polar surface area (TPSA) is 41.1 Å². The highest BCUT2D eigenvalue weighted by molar-refractivity contribution is 5.82. The zero-order valence-corrected chi connectivity index (χ0v) is 12.4. The first kappa shape index (κ1) is 15.0. The van der Waals surface area contributed by atoms with E-state index in [1.54, 1.807) is 13.0 Å². The molecule has 1 fully saturated rings. The van der Waals surface area contributed by atoms with Crippen molar-refractivity contribution in [3.8, 4) is 0 Å². The van der Waals surface area contributed by atoms with Crippen LogP contribution < -0.4 is 10.6 Å². The average Bonchev–Trinajstić information content (AvgIpc) is 2.42. The lowest BCUT2D eigenvalue weighted by Gasteiger charge is -2.30. The summed E-state index contributed by atoms with van der Waals surface area (Å²) >= 11 is 0. The molecule has 110 valence electrons. The highest BCUT2D eigenvalue weighted by Crippen LogP contribution is 2.19. The Balaban J connectivity index is 2.01. The minimum absolute atomic E-state index is 0.00526. The Hall–Kier alpha value is -1.42. The van der Waals surface area contributed by atoms with Gasteiger partial charge in [-0.15, -0.1) is 0 Å². The van der Waals surface area contributed by atoms with Crippen LogP contribution in [0.3, 0.4) is 0 Å². The van der Waals surface area contributed by atoms with E-state index in [0.717, 1.165) is 24.9 Å². The number of hydrogen-bond donors (Lipinski definition) is 2. The van der Waals surface area contributed by atoms with E-state index in [2.05, 4.69) is 17.6 Å². The fraction of sp³-hybridized carbons (Fsp3) is 0.562. The van der Waals surface area contributed by atoms with Gasteiger partial charge in [-0.1, -0.05) is 19.1 Å². The van der Waals surface area contributed by atoms with Gasteiger partial charge in [0.1, 0.15) is 5.82 Å². The van der Waals surface area contributed by atoms with Crippen LogP contribution in [0.15, 0.2) is 18.2 Å². The predicted octanol–water partition coefficient (Wildman–Crippen LogP) is 2.70. The van der Waals surface area contributed by atoms with Crippen LogP contribution in [0, 0.1) is 18.7 Å². The van der Waals surface area contributed by atoms with Crippen molar-refractivity contribution in [2.24, 2.45) is 5.92 Å². The summed E-state index contributed by atoms with van der Waals surface area (Å²) in [5.74, 6) is 0.115. The second-order valence-corrected chi connectivity index (χ2v) is 5.79. The summed E-state index contributed by atoms with van der Waals surface area (Å²) in [5, 5.41) is 6.23. The van der Waals surface area contributed by atoms with Gasteiger partial charge in [-0.3, -0.25) is 4.79 Å². The Labute approximate surface area is 120 Å². The molecule has 0 saturated carbocycles. The summed E-state index contributed by atoms with van der Waals surface area (Å²) in [5.41, 5.74) is 1.42. The molecule has 4 heteroatoms. The number of aryl methyl sites for hydroxylation is 1. The highest BCUT2D eigenvalue weighted by Gasteiger charge is 2.28. The van der Waals surface area contributed by atoms with Gasteiger partial charge in [0.15, 0.2) is 0 Å². The van der Waals surface area contributed by atoms with E-state index >= 15 is 0 Å². The number of rotatable bonds is 3. The van der Waals surface area contributed by atoms with Gasteiger partial charge in [-0.05, 0) is 56.3 Å². The van der Waals surface area contributed by atoms with Crippen LogP contribution >= 0.6 is 0 Å². The number of hydrogen-bond acceptors (Lipinski definition) is 2. The van der Waals surface area contributed by atoms with Crippen molar-refractivity contribution < 1.29 is 9.18 Å². The third-order valence-electron chi connectivity index (χ3n) is 4.11. The molecule has 1 aromatic rings. The van der Waals surface area contributed by atoms with E-state index in [9.17, 15) is 9.18 Å². The van der Waals surface area contributed by atoms with Gasteiger partial charge in [0.05, 0.1) is 12.1 Å². The third kappa shape index (κ3) is 3.37. The molecule has 1 aliphatic heterocycles. The number of piperidine rings is 1.